The van der Waals surface area contributed by atoms with Crippen molar-refractivity contribution in [2.75, 3.05) is 25.0 Å². The lowest BCUT2D eigenvalue weighted by molar-refractivity contribution is 0.0924. The number of hydrogen-bond acceptors (Lipinski definition) is 4. The summed E-state index contributed by atoms with van der Waals surface area (Å²) >= 11 is 9.47. The summed E-state index contributed by atoms with van der Waals surface area (Å²) in [5.41, 5.74) is 1.96. The van der Waals surface area contributed by atoms with Gasteiger partial charge in [-0.2, -0.15) is 0 Å². The molecule has 2 amide bonds. The fourth-order valence-corrected chi connectivity index (χ4v) is 3.62. The smallest absolute Gasteiger partial charge is 0.267 e. The van der Waals surface area contributed by atoms with E-state index in [-0.39, 0.29) is 23.0 Å². The average Bonchev–Trinajstić information content (AvgIpc) is 3.00. The zero-order chi connectivity index (χ0) is 19.6. The number of amides is 2. The van der Waals surface area contributed by atoms with E-state index in [0.29, 0.717) is 17.1 Å². The zero-order valence-corrected chi connectivity index (χ0v) is 17.4. The molecule has 0 saturated carbocycles. The number of halogens is 2. The summed E-state index contributed by atoms with van der Waals surface area (Å²) in [6.45, 7) is 3.35. The third-order valence-electron chi connectivity index (χ3n) is 4.62. The minimum atomic E-state index is -0.199. The van der Waals surface area contributed by atoms with Gasteiger partial charge >= 0.3 is 0 Å². The Labute approximate surface area is 171 Å². The molecule has 0 atom stereocenters. The van der Waals surface area contributed by atoms with Crippen molar-refractivity contribution in [3.05, 3.63) is 44.8 Å². The number of carbonyl (C=O) groups excluding carboxylic acids is 2. The van der Waals surface area contributed by atoms with Crippen molar-refractivity contribution < 1.29 is 9.59 Å². The molecule has 0 unspecified atom stereocenters. The molecule has 2 aromatic heterocycles. The monoisotopic (exact) mass is 453 g/mol. The van der Waals surface area contributed by atoms with Crippen LogP contribution in [0, 0.1) is 6.92 Å². The van der Waals surface area contributed by atoms with Crippen molar-refractivity contribution in [2.45, 2.75) is 25.8 Å². The first-order chi connectivity index (χ1) is 12.9. The van der Waals surface area contributed by atoms with Crippen LogP contribution in [0.15, 0.2) is 22.7 Å². The van der Waals surface area contributed by atoms with Gasteiger partial charge in [-0.25, -0.2) is 4.98 Å². The predicted molar refractivity (Wildman–Crippen MR) is 109 cm³/mol. The second-order valence-electron chi connectivity index (χ2n) is 6.51. The summed E-state index contributed by atoms with van der Waals surface area (Å²) < 4.78 is 0.890. The largest absolute Gasteiger partial charge is 0.356 e. The number of nitrogens with zero attached hydrogens (tertiary/aromatic N) is 2. The second kappa shape index (κ2) is 8.31. The molecule has 144 valence electrons. The molecule has 2 aromatic rings. The molecule has 1 aliphatic rings. The lowest BCUT2D eigenvalue weighted by Gasteiger charge is -2.33. The third kappa shape index (κ3) is 4.62. The van der Waals surface area contributed by atoms with Crippen LogP contribution in [0.25, 0.3) is 0 Å². The van der Waals surface area contributed by atoms with Crippen molar-refractivity contribution in [3.63, 3.8) is 0 Å². The van der Waals surface area contributed by atoms with Gasteiger partial charge in [-0.15, -0.1) is 0 Å². The minimum Gasteiger partial charge on any atom is -0.356 e. The Bertz CT molecular complexity index is 842. The normalized spacial score (nSPS) is 14.9. The predicted octanol–water partition coefficient (Wildman–Crippen LogP) is 2.89. The first-order valence-corrected chi connectivity index (χ1v) is 9.85. The van der Waals surface area contributed by atoms with Crippen molar-refractivity contribution in [1.29, 1.82) is 0 Å². The summed E-state index contributed by atoms with van der Waals surface area (Å²) in [5, 5.41) is 5.95. The fraction of sp³-hybridized carbons (Fsp3) is 0.389. The quantitative estimate of drug-likeness (QED) is 0.620. The van der Waals surface area contributed by atoms with E-state index in [0.717, 1.165) is 36.1 Å². The molecule has 0 aromatic carbocycles. The molecule has 3 rings (SSSR count). The van der Waals surface area contributed by atoms with Crippen LogP contribution in [0.5, 0.6) is 0 Å². The maximum absolute atomic E-state index is 12.4. The van der Waals surface area contributed by atoms with Gasteiger partial charge in [0.2, 0.25) is 0 Å². The molecular formula is C18H21BrClN5O2. The Balaban J connectivity index is 1.61. The SMILES string of the molecule is CNC(=O)c1cc(Cl)nc(N2CCC(NC(=O)c3cc(Br)c(C)[nH]3)CC2)c1. The van der Waals surface area contributed by atoms with E-state index in [1.807, 2.05) is 6.92 Å². The van der Waals surface area contributed by atoms with E-state index >= 15 is 0 Å². The molecule has 1 aliphatic heterocycles. The highest BCUT2D eigenvalue weighted by atomic mass is 79.9. The third-order valence-corrected chi connectivity index (χ3v) is 5.64. The number of aromatic nitrogens is 2. The van der Waals surface area contributed by atoms with Crippen LogP contribution >= 0.6 is 27.5 Å². The van der Waals surface area contributed by atoms with Crippen molar-refractivity contribution in [3.8, 4) is 0 Å². The van der Waals surface area contributed by atoms with Gasteiger partial charge in [0.25, 0.3) is 11.8 Å². The maximum atomic E-state index is 12.4. The van der Waals surface area contributed by atoms with Crippen molar-refractivity contribution in [1.82, 2.24) is 20.6 Å². The number of hydrogen-bond donors (Lipinski definition) is 3. The van der Waals surface area contributed by atoms with Crippen LogP contribution in [-0.4, -0.2) is 48.0 Å². The summed E-state index contributed by atoms with van der Waals surface area (Å²) in [6.07, 6.45) is 1.58. The molecule has 0 aliphatic carbocycles. The molecule has 3 N–H and O–H groups in total. The molecule has 1 fully saturated rings. The molecular weight excluding hydrogens is 434 g/mol. The Morgan fingerprint density at radius 2 is 1.96 bits per heavy atom. The standard InChI is InChI=1S/C18H21BrClN5O2/c1-10-13(19)9-14(22-10)18(27)23-12-3-5-25(6-4-12)16-8-11(17(26)21-2)7-15(20)24-16/h7-9,12,22H,3-6H2,1-2H3,(H,21,26)(H,23,27). The summed E-state index contributed by atoms with van der Waals surface area (Å²) in [4.78, 5) is 33.7. The fourth-order valence-electron chi connectivity index (χ4n) is 3.09. The summed E-state index contributed by atoms with van der Waals surface area (Å²) in [6, 6.07) is 5.17. The van der Waals surface area contributed by atoms with Crippen LogP contribution < -0.4 is 15.5 Å². The van der Waals surface area contributed by atoms with E-state index in [2.05, 4.69) is 41.4 Å². The number of pyridine rings is 1. The highest BCUT2D eigenvalue weighted by molar-refractivity contribution is 9.10. The van der Waals surface area contributed by atoms with Crippen LogP contribution in [-0.2, 0) is 0 Å². The Kier molecular flexibility index (Phi) is 6.06. The lowest BCUT2D eigenvalue weighted by Crippen LogP contribution is -2.45. The van der Waals surface area contributed by atoms with E-state index < -0.39 is 0 Å². The number of carbonyl (C=O) groups is 2. The molecule has 0 radical (unpaired) electrons. The van der Waals surface area contributed by atoms with E-state index in [1.165, 1.54) is 0 Å². The summed E-state index contributed by atoms with van der Waals surface area (Å²) in [5.74, 6) is 0.370. The number of nitrogens with one attached hydrogen (secondary N) is 3. The Morgan fingerprint density at radius 1 is 1.26 bits per heavy atom. The number of aryl methyl sites for hydroxylation is 1. The van der Waals surface area contributed by atoms with Gasteiger partial charge < -0.3 is 20.5 Å². The van der Waals surface area contributed by atoms with Gasteiger partial charge in [-0.1, -0.05) is 11.6 Å². The number of piperidine rings is 1. The minimum absolute atomic E-state index is 0.0914. The lowest BCUT2D eigenvalue weighted by atomic mass is 10.0. The molecule has 9 heteroatoms. The van der Waals surface area contributed by atoms with Gasteiger partial charge in [-0.05, 0) is 53.9 Å². The van der Waals surface area contributed by atoms with Gasteiger partial charge in [0, 0.05) is 41.9 Å². The molecule has 1 saturated heterocycles. The highest BCUT2D eigenvalue weighted by Crippen LogP contribution is 2.23. The first-order valence-electron chi connectivity index (χ1n) is 8.68. The number of rotatable bonds is 4. The number of aromatic amines is 1. The topological polar surface area (TPSA) is 90.1 Å². The van der Waals surface area contributed by atoms with Gasteiger partial charge in [-0.3, -0.25) is 9.59 Å². The molecule has 0 bridgehead atoms. The van der Waals surface area contributed by atoms with E-state index in [1.54, 1.807) is 25.2 Å². The van der Waals surface area contributed by atoms with E-state index in [9.17, 15) is 9.59 Å². The molecule has 3 heterocycles. The van der Waals surface area contributed by atoms with E-state index in [4.69, 9.17) is 11.6 Å². The highest BCUT2D eigenvalue weighted by Gasteiger charge is 2.23. The Morgan fingerprint density at radius 3 is 2.56 bits per heavy atom. The second-order valence-corrected chi connectivity index (χ2v) is 7.75. The first kappa shape index (κ1) is 19.7. The van der Waals surface area contributed by atoms with Crippen LogP contribution in [0.2, 0.25) is 5.15 Å². The maximum Gasteiger partial charge on any atom is 0.267 e. The van der Waals surface area contributed by atoms with Crippen LogP contribution in [0.3, 0.4) is 0 Å². The Hall–Kier alpha value is -2.06. The summed E-state index contributed by atoms with van der Waals surface area (Å²) in [7, 11) is 1.58. The molecule has 0 spiro atoms. The average molecular weight is 455 g/mol. The number of H-pyrrole nitrogens is 1. The van der Waals surface area contributed by atoms with Crippen molar-refractivity contribution in [2.24, 2.45) is 0 Å². The van der Waals surface area contributed by atoms with Crippen LogP contribution in [0.4, 0.5) is 5.82 Å². The van der Waals surface area contributed by atoms with Crippen molar-refractivity contribution >= 4 is 45.2 Å². The van der Waals surface area contributed by atoms with Gasteiger partial charge in [0.15, 0.2) is 0 Å². The zero-order valence-electron chi connectivity index (χ0n) is 15.1. The van der Waals surface area contributed by atoms with Gasteiger partial charge in [0.1, 0.15) is 16.7 Å². The molecule has 27 heavy (non-hydrogen) atoms. The number of anilines is 1. The van der Waals surface area contributed by atoms with Crippen LogP contribution in [0.1, 0.15) is 39.4 Å². The molecule has 7 nitrogen and oxygen atoms in total. The van der Waals surface area contributed by atoms with Gasteiger partial charge in [0.05, 0.1) is 0 Å².